The van der Waals surface area contributed by atoms with Crippen LogP contribution in [0, 0.1) is 0 Å². The highest BCUT2D eigenvalue weighted by Gasteiger charge is 2.22. The number of rotatable bonds is 46. The molecule has 0 aliphatic rings. The Morgan fingerprint density at radius 1 is 0.500 bits per heavy atom. The Labute approximate surface area is 381 Å². The molecule has 0 bridgehead atoms. The maximum atomic E-state index is 12.8. The lowest BCUT2D eigenvalue weighted by Gasteiger charge is -2.26. The molecule has 360 valence electrons. The van der Waals surface area contributed by atoms with Crippen LogP contribution in [0.4, 0.5) is 0 Å². The van der Waals surface area contributed by atoms with Gasteiger partial charge in [0.1, 0.15) is 13.2 Å². The zero-order valence-corrected chi connectivity index (χ0v) is 40.7. The third-order valence-corrected chi connectivity index (χ3v) is 10.8. The molecule has 9 heteroatoms. The number of hydrogen-bond acceptors (Lipinski definition) is 8. The summed E-state index contributed by atoms with van der Waals surface area (Å²) < 4.78 is 22.6. The number of allylic oxidation sites excluding steroid dienone is 8. The number of carbonyl (C=O) groups excluding carboxylic acids is 3. The van der Waals surface area contributed by atoms with Gasteiger partial charge in [-0.05, 0) is 51.4 Å². The molecule has 0 aromatic rings. The summed E-state index contributed by atoms with van der Waals surface area (Å²) in [6, 6.07) is 0. The summed E-state index contributed by atoms with van der Waals surface area (Å²) in [7, 11) is 5.91. The Bertz CT molecular complexity index is 1160. The molecule has 0 fully saturated rings. The van der Waals surface area contributed by atoms with Gasteiger partial charge in [0.05, 0.1) is 40.3 Å². The quantitative estimate of drug-likeness (QED) is 0.0195. The average Bonchev–Trinajstić information content (AvgIpc) is 3.23. The van der Waals surface area contributed by atoms with Crippen molar-refractivity contribution in [1.29, 1.82) is 0 Å². The van der Waals surface area contributed by atoms with Crippen LogP contribution in [0.2, 0.25) is 0 Å². The fourth-order valence-electron chi connectivity index (χ4n) is 6.94. The summed E-state index contributed by atoms with van der Waals surface area (Å²) in [5.74, 6) is -2.30. The van der Waals surface area contributed by atoms with E-state index in [0.717, 1.165) is 83.5 Å². The molecule has 62 heavy (non-hydrogen) atoms. The lowest BCUT2D eigenvalue weighted by atomic mass is 10.0. The van der Waals surface area contributed by atoms with Crippen molar-refractivity contribution in [3.8, 4) is 0 Å². The molecular formula is C53H95NO8. The molecular weight excluding hydrogens is 779 g/mol. The molecule has 0 aromatic carbocycles. The van der Waals surface area contributed by atoms with Gasteiger partial charge in [-0.1, -0.05) is 197 Å². The van der Waals surface area contributed by atoms with E-state index >= 15 is 0 Å². The smallest absolute Gasteiger partial charge is 0.306 e. The lowest BCUT2D eigenvalue weighted by molar-refractivity contribution is -0.870. The first kappa shape index (κ1) is 59.2. The first-order valence-electron chi connectivity index (χ1n) is 25.3. The third kappa shape index (κ3) is 45.3. The van der Waals surface area contributed by atoms with Crippen molar-refractivity contribution >= 4 is 17.9 Å². The minimum absolute atomic E-state index is 0.144. The second-order valence-electron chi connectivity index (χ2n) is 18.1. The summed E-state index contributed by atoms with van der Waals surface area (Å²) in [4.78, 5) is 37.1. The fourth-order valence-corrected chi connectivity index (χ4v) is 6.94. The van der Waals surface area contributed by atoms with E-state index in [4.69, 9.17) is 18.9 Å². The number of likely N-dealkylation sites (N-methyl/N-ethyl adjacent to an activating group) is 1. The average molecular weight is 874 g/mol. The first-order chi connectivity index (χ1) is 30.1. The third-order valence-electron chi connectivity index (χ3n) is 10.8. The molecule has 0 aliphatic heterocycles. The Balaban J connectivity index is 4.37. The van der Waals surface area contributed by atoms with Crippen molar-refractivity contribution < 1.29 is 42.9 Å². The summed E-state index contributed by atoms with van der Waals surface area (Å²) >= 11 is 0. The maximum Gasteiger partial charge on any atom is 0.306 e. The maximum absolute atomic E-state index is 12.8. The van der Waals surface area contributed by atoms with Crippen LogP contribution in [0.5, 0.6) is 0 Å². The first-order valence-corrected chi connectivity index (χ1v) is 25.3. The molecule has 0 heterocycles. The molecule has 0 aromatic heterocycles. The van der Waals surface area contributed by atoms with Crippen molar-refractivity contribution in [2.75, 3.05) is 47.5 Å². The van der Waals surface area contributed by atoms with Crippen LogP contribution >= 0.6 is 0 Å². The van der Waals surface area contributed by atoms with E-state index in [-0.39, 0.29) is 32.2 Å². The molecule has 0 saturated carbocycles. The van der Waals surface area contributed by atoms with Crippen LogP contribution in [0.3, 0.4) is 0 Å². The predicted molar refractivity (Wildman–Crippen MR) is 255 cm³/mol. The highest BCUT2D eigenvalue weighted by molar-refractivity contribution is 5.70. The number of aliphatic carboxylic acids is 1. The van der Waals surface area contributed by atoms with Gasteiger partial charge in [-0.2, -0.15) is 0 Å². The Hall–Kier alpha value is -2.75. The molecule has 0 N–H and O–H groups in total. The van der Waals surface area contributed by atoms with Gasteiger partial charge in [0.2, 0.25) is 0 Å². The molecule has 0 aliphatic carbocycles. The molecule has 0 saturated heterocycles. The monoisotopic (exact) mass is 874 g/mol. The Morgan fingerprint density at radius 2 is 0.919 bits per heavy atom. The zero-order chi connectivity index (χ0) is 45.6. The van der Waals surface area contributed by atoms with E-state index in [9.17, 15) is 19.5 Å². The van der Waals surface area contributed by atoms with Crippen LogP contribution in [0.1, 0.15) is 213 Å². The van der Waals surface area contributed by atoms with Gasteiger partial charge in [0, 0.05) is 12.8 Å². The number of carboxylic acids is 1. The molecule has 2 atom stereocenters. The summed E-state index contributed by atoms with van der Waals surface area (Å²) in [6.45, 7) is 4.63. The minimum Gasteiger partial charge on any atom is -0.545 e. The second kappa shape index (κ2) is 44.8. The summed E-state index contributed by atoms with van der Waals surface area (Å²) in [6.07, 6.45) is 50.0. The van der Waals surface area contributed by atoms with Gasteiger partial charge < -0.3 is 33.3 Å². The number of unbranched alkanes of at least 4 members (excludes halogenated alkanes) is 23. The van der Waals surface area contributed by atoms with Crippen LogP contribution < -0.4 is 5.11 Å². The van der Waals surface area contributed by atoms with E-state index in [1.165, 1.54) is 96.3 Å². The molecule has 0 rings (SSSR count). The summed E-state index contributed by atoms with van der Waals surface area (Å²) in [5, 5.41) is 11.7. The number of nitrogens with zero attached hydrogens (tertiary/aromatic N) is 1. The molecule has 9 nitrogen and oxygen atoms in total. The van der Waals surface area contributed by atoms with Gasteiger partial charge in [-0.25, -0.2) is 0 Å². The number of quaternary nitrogens is 1. The van der Waals surface area contributed by atoms with Crippen molar-refractivity contribution in [2.45, 2.75) is 225 Å². The minimum atomic E-state index is -1.62. The number of carbonyl (C=O) groups is 3. The van der Waals surface area contributed by atoms with E-state index in [1.807, 2.05) is 21.1 Å². The zero-order valence-electron chi connectivity index (χ0n) is 40.7. The number of carboxylic acid groups (broad SMARTS) is 1. The number of hydrogen-bond donors (Lipinski definition) is 0. The van der Waals surface area contributed by atoms with Gasteiger partial charge in [-0.3, -0.25) is 9.59 Å². The molecule has 0 spiro atoms. The largest absolute Gasteiger partial charge is 0.545 e. The van der Waals surface area contributed by atoms with Crippen molar-refractivity contribution in [3.63, 3.8) is 0 Å². The van der Waals surface area contributed by atoms with Crippen molar-refractivity contribution in [3.05, 3.63) is 48.6 Å². The van der Waals surface area contributed by atoms with Gasteiger partial charge in [-0.15, -0.1) is 0 Å². The molecule has 2 unspecified atom stereocenters. The SMILES string of the molecule is CC/C=C\C/C=C\C/C=C\C/C=C\CCCCCCCCC(=O)OC(COC(=O)CCCCCCCCCCCCCCCCCCCC)COC(OCC[N+](C)(C)C)C(=O)[O-]. The second-order valence-corrected chi connectivity index (χ2v) is 18.1. The standard InChI is InChI=1S/C53H95NO8/c1-6-8-10-12-14-16-18-20-22-24-26-28-30-32-34-36-38-40-42-44-51(56)62-49(48-61-53(52(57)58)59-46-45-54(3,4)5)47-60-50(55)43-41-39-37-35-33-31-29-27-25-23-21-19-17-15-13-11-9-7-2/h8,10,14,16,20,22,26,28,49,53H,6-7,9,11-13,15,17-19,21,23-25,27,29-48H2,1-5H3/b10-8-,16-14-,22-20-,28-26-. The molecule has 0 amide bonds. The van der Waals surface area contributed by atoms with Crippen LogP contribution in [-0.2, 0) is 33.3 Å². The van der Waals surface area contributed by atoms with Gasteiger partial charge in [0.15, 0.2) is 12.4 Å². The summed E-state index contributed by atoms with van der Waals surface area (Å²) in [5.41, 5.74) is 0. The lowest BCUT2D eigenvalue weighted by Crippen LogP contribution is -2.44. The van der Waals surface area contributed by atoms with Crippen LogP contribution in [0.15, 0.2) is 48.6 Å². The number of ether oxygens (including phenoxy) is 4. The fraction of sp³-hybridized carbons (Fsp3) is 0.792. The van der Waals surface area contributed by atoms with Gasteiger partial charge >= 0.3 is 11.9 Å². The Kier molecular flexibility index (Phi) is 42.9. The van der Waals surface area contributed by atoms with E-state index in [2.05, 4.69) is 62.5 Å². The van der Waals surface area contributed by atoms with E-state index in [1.54, 1.807) is 0 Å². The van der Waals surface area contributed by atoms with E-state index in [0.29, 0.717) is 23.9 Å². The molecule has 0 radical (unpaired) electrons. The highest BCUT2D eigenvalue weighted by Crippen LogP contribution is 2.16. The van der Waals surface area contributed by atoms with E-state index < -0.39 is 24.3 Å². The normalized spacial score (nSPS) is 13.2. The van der Waals surface area contributed by atoms with Crippen LogP contribution in [0.25, 0.3) is 0 Å². The van der Waals surface area contributed by atoms with Gasteiger partial charge in [0.25, 0.3) is 0 Å². The van der Waals surface area contributed by atoms with Crippen molar-refractivity contribution in [1.82, 2.24) is 0 Å². The predicted octanol–water partition coefficient (Wildman–Crippen LogP) is 12.6. The topological polar surface area (TPSA) is 111 Å². The van der Waals surface area contributed by atoms with Crippen molar-refractivity contribution in [2.24, 2.45) is 0 Å². The van der Waals surface area contributed by atoms with Crippen LogP contribution in [-0.4, -0.2) is 82.3 Å². The number of esters is 2. The highest BCUT2D eigenvalue weighted by atomic mass is 16.7. The Morgan fingerprint density at radius 3 is 1.37 bits per heavy atom.